The number of benzene rings is 2. The van der Waals surface area contributed by atoms with Gasteiger partial charge in [0.2, 0.25) is 5.91 Å². The number of nitrogens with zero attached hydrogens (tertiary/aromatic N) is 2. The van der Waals surface area contributed by atoms with Crippen molar-refractivity contribution in [2.75, 3.05) is 6.61 Å². The van der Waals surface area contributed by atoms with Crippen LogP contribution in [-0.2, 0) is 23.0 Å². The molecule has 3 atom stereocenters. The molecule has 160 valence electrons. The third-order valence-electron chi connectivity index (χ3n) is 5.66. The minimum atomic E-state index is -0.769. The Hall–Kier alpha value is -3.41. The lowest BCUT2D eigenvalue weighted by molar-refractivity contribution is -0.125. The third-order valence-corrected chi connectivity index (χ3v) is 5.66. The van der Waals surface area contributed by atoms with Crippen molar-refractivity contribution in [3.8, 4) is 17.2 Å². The molecule has 2 heterocycles. The van der Waals surface area contributed by atoms with Crippen LogP contribution < -0.4 is 16.8 Å². The number of hydrogen-bond acceptors (Lipinski definition) is 6. The number of aryl methyl sites for hydroxylation is 1. The monoisotopic (exact) mass is 420 g/mol. The molecule has 0 radical (unpaired) electrons. The second-order valence-electron chi connectivity index (χ2n) is 7.78. The average molecular weight is 420 g/mol. The van der Waals surface area contributed by atoms with E-state index in [1.165, 1.54) is 4.57 Å². The van der Waals surface area contributed by atoms with Crippen LogP contribution in [0, 0.1) is 11.3 Å². The van der Waals surface area contributed by atoms with Crippen molar-refractivity contribution in [3.63, 3.8) is 0 Å². The number of carbonyl (C=O) groups excluding carboxylic acids is 1. The number of hydrogen-bond donors (Lipinski definition) is 2. The van der Waals surface area contributed by atoms with E-state index >= 15 is 0 Å². The molecule has 0 aliphatic carbocycles. The van der Waals surface area contributed by atoms with Crippen molar-refractivity contribution in [2.24, 2.45) is 12.8 Å². The summed E-state index contributed by atoms with van der Waals surface area (Å²) in [5.41, 5.74) is 10.1. The lowest BCUT2D eigenvalue weighted by atomic mass is 10.0. The van der Waals surface area contributed by atoms with Gasteiger partial charge in [-0.05, 0) is 41.7 Å². The predicted molar refractivity (Wildman–Crippen MR) is 115 cm³/mol. The number of nitrogens with one attached hydrogen (secondary N) is 1. The maximum Gasteiger partial charge on any atom is 0.419 e. The summed E-state index contributed by atoms with van der Waals surface area (Å²) in [5, 5.41) is 12.2. The van der Waals surface area contributed by atoms with E-state index in [4.69, 9.17) is 14.9 Å². The highest BCUT2D eigenvalue weighted by molar-refractivity contribution is 5.83. The third kappa shape index (κ3) is 4.38. The summed E-state index contributed by atoms with van der Waals surface area (Å²) in [4.78, 5) is 24.0. The van der Waals surface area contributed by atoms with Crippen molar-refractivity contribution < 1.29 is 13.9 Å². The number of nitriles is 1. The summed E-state index contributed by atoms with van der Waals surface area (Å²) in [6.07, 6.45) is 1.73. The van der Waals surface area contributed by atoms with Gasteiger partial charge < -0.3 is 20.2 Å². The second-order valence-corrected chi connectivity index (χ2v) is 7.78. The molecule has 1 amide bonds. The number of oxazole rings is 1. The van der Waals surface area contributed by atoms with Crippen LogP contribution in [0.1, 0.15) is 18.4 Å². The van der Waals surface area contributed by atoms with E-state index in [1.807, 2.05) is 36.4 Å². The summed E-state index contributed by atoms with van der Waals surface area (Å²) in [5.74, 6) is -0.764. The van der Waals surface area contributed by atoms with E-state index in [1.54, 1.807) is 13.1 Å². The summed E-state index contributed by atoms with van der Waals surface area (Å²) >= 11 is 0. The number of fused-ring (bicyclic) bond motifs is 1. The predicted octanol–water partition coefficient (Wildman–Crippen LogP) is 1.86. The minimum absolute atomic E-state index is 0.286. The topological polar surface area (TPSA) is 123 Å². The van der Waals surface area contributed by atoms with E-state index in [-0.39, 0.29) is 12.0 Å². The Labute approximate surface area is 179 Å². The molecule has 3 aromatic rings. The summed E-state index contributed by atoms with van der Waals surface area (Å²) < 4.78 is 12.1. The van der Waals surface area contributed by atoms with Gasteiger partial charge in [-0.3, -0.25) is 9.36 Å². The fraction of sp³-hybridized carbons (Fsp3) is 0.348. The molecular formula is C23H24N4O4. The summed E-state index contributed by atoms with van der Waals surface area (Å²) in [7, 11) is 1.67. The maximum atomic E-state index is 12.4. The molecule has 31 heavy (non-hydrogen) atoms. The van der Waals surface area contributed by atoms with Crippen LogP contribution in [-0.4, -0.2) is 35.3 Å². The van der Waals surface area contributed by atoms with Crippen molar-refractivity contribution >= 4 is 17.0 Å². The number of amides is 1. The molecular weight excluding hydrogens is 396 g/mol. The van der Waals surface area contributed by atoms with Crippen LogP contribution >= 0.6 is 0 Å². The van der Waals surface area contributed by atoms with E-state index in [2.05, 4.69) is 11.4 Å². The van der Waals surface area contributed by atoms with Gasteiger partial charge in [-0.15, -0.1) is 0 Å². The molecule has 0 spiro atoms. The highest BCUT2D eigenvalue weighted by Crippen LogP contribution is 2.24. The number of carbonyl (C=O) groups is 1. The first kappa shape index (κ1) is 20.8. The van der Waals surface area contributed by atoms with Crippen molar-refractivity contribution in [3.05, 3.63) is 58.6 Å². The van der Waals surface area contributed by atoms with Crippen molar-refractivity contribution in [1.82, 2.24) is 9.88 Å². The number of nitrogens with two attached hydrogens (primary N) is 1. The first-order chi connectivity index (χ1) is 15.0. The van der Waals surface area contributed by atoms with Gasteiger partial charge >= 0.3 is 5.76 Å². The lowest BCUT2D eigenvalue weighted by Gasteiger charge is -2.20. The first-order valence-corrected chi connectivity index (χ1v) is 10.2. The van der Waals surface area contributed by atoms with Gasteiger partial charge in [0, 0.05) is 20.1 Å². The Morgan fingerprint density at radius 1 is 1.29 bits per heavy atom. The Kier molecular flexibility index (Phi) is 5.89. The zero-order valence-corrected chi connectivity index (χ0v) is 17.2. The molecule has 8 nitrogen and oxygen atoms in total. The highest BCUT2D eigenvalue weighted by atomic mass is 16.5. The summed E-state index contributed by atoms with van der Waals surface area (Å²) in [6.45, 7) is 0.615. The van der Waals surface area contributed by atoms with Crippen LogP contribution in [0.4, 0.5) is 0 Å². The Morgan fingerprint density at radius 3 is 2.71 bits per heavy atom. The Bertz CT molecular complexity index is 1180. The molecule has 1 aliphatic heterocycles. The number of aromatic nitrogens is 1. The molecule has 2 aromatic carbocycles. The number of ether oxygens (including phenoxy) is 1. The molecule has 4 rings (SSSR count). The van der Waals surface area contributed by atoms with Crippen LogP contribution in [0.5, 0.6) is 0 Å². The quantitative estimate of drug-likeness (QED) is 0.627. The zero-order chi connectivity index (χ0) is 22.0. The molecule has 8 heteroatoms. The van der Waals surface area contributed by atoms with Gasteiger partial charge in [0.1, 0.15) is 12.1 Å². The first-order valence-electron chi connectivity index (χ1n) is 10.2. The number of rotatable bonds is 6. The van der Waals surface area contributed by atoms with Crippen molar-refractivity contribution in [2.45, 2.75) is 37.5 Å². The Balaban J connectivity index is 1.43. The molecule has 1 aromatic heterocycles. The molecule has 1 aliphatic rings. The molecule has 1 saturated heterocycles. The molecule has 3 N–H and O–H groups in total. The molecule has 1 fully saturated rings. The second kappa shape index (κ2) is 8.76. The van der Waals surface area contributed by atoms with Crippen LogP contribution in [0.25, 0.3) is 22.2 Å². The summed E-state index contributed by atoms with van der Waals surface area (Å²) in [6, 6.07) is 14.0. The van der Waals surface area contributed by atoms with Gasteiger partial charge in [-0.1, -0.05) is 30.3 Å². The SMILES string of the molecule is Cn1c(=O)oc2ccc(-c3ccc(C[C@@H](C#N)NC(=O)[C@@H](N)[C@H]4CCCO4)cc3)cc21. The standard InChI is InChI=1S/C23H24N4O4/c1-27-18-12-16(8-9-19(18)31-23(27)29)15-6-4-14(5-7-15)11-17(13-24)26-22(28)21(25)20-3-2-10-30-20/h4-9,12,17,20-21H,2-3,10-11,25H2,1H3,(H,26,28)/t17-,20+,21-/m0/s1. The van der Waals surface area contributed by atoms with Gasteiger partial charge in [0.05, 0.1) is 17.7 Å². The largest absolute Gasteiger partial charge is 0.419 e. The van der Waals surface area contributed by atoms with E-state index < -0.39 is 17.8 Å². The fourth-order valence-corrected chi connectivity index (χ4v) is 3.83. The van der Waals surface area contributed by atoms with E-state index in [9.17, 15) is 14.9 Å². The molecule has 0 bridgehead atoms. The molecule has 0 unspecified atom stereocenters. The van der Waals surface area contributed by atoms with E-state index in [0.717, 1.165) is 35.0 Å². The van der Waals surface area contributed by atoms with Gasteiger partial charge in [0.15, 0.2) is 5.58 Å². The van der Waals surface area contributed by atoms with Crippen LogP contribution in [0.2, 0.25) is 0 Å². The van der Waals surface area contributed by atoms with Gasteiger partial charge in [-0.25, -0.2) is 4.79 Å². The fourth-order valence-electron chi connectivity index (χ4n) is 3.83. The lowest BCUT2D eigenvalue weighted by Crippen LogP contribution is -2.51. The van der Waals surface area contributed by atoms with Gasteiger partial charge in [-0.2, -0.15) is 5.26 Å². The highest BCUT2D eigenvalue weighted by Gasteiger charge is 2.29. The van der Waals surface area contributed by atoms with Gasteiger partial charge in [0.25, 0.3) is 0 Å². The average Bonchev–Trinajstić information content (AvgIpc) is 3.42. The minimum Gasteiger partial charge on any atom is -0.408 e. The van der Waals surface area contributed by atoms with E-state index in [0.29, 0.717) is 18.6 Å². The molecule has 0 saturated carbocycles. The van der Waals surface area contributed by atoms with Crippen LogP contribution in [0.15, 0.2) is 51.7 Å². The zero-order valence-electron chi connectivity index (χ0n) is 17.2. The van der Waals surface area contributed by atoms with Crippen molar-refractivity contribution in [1.29, 1.82) is 5.26 Å². The normalized spacial score (nSPS) is 17.9. The maximum absolute atomic E-state index is 12.4. The smallest absolute Gasteiger partial charge is 0.408 e. The Morgan fingerprint density at radius 2 is 2.03 bits per heavy atom. The van der Waals surface area contributed by atoms with Crippen LogP contribution in [0.3, 0.4) is 0 Å².